The van der Waals surface area contributed by atoms with Gasteiger partial charge in [-0.25, -0.2) is 0 Å². The summed E-state index contributed by atoms with van der Waals surface area (Å²) in [4.78, 5) is 0. The van der Waals surface area contributed by atoms with Crippen LogP contribution < -0.4 is 11.2 Å². The van der Waals surface area contributed by atoms with Crippen LogP contribution in [0.25, 0.3) is 0 Å². The van der Waals surface area contributed by atoms with Gasteiger partial charge in [-0.05, 0) is 54.7 Å². The lowest BCUT2D eigenvalue weighted by Gasteiger charge is -2.42. The third-order valence-electron chi connectivity index (χ3n) is 3.26. The van der Waals surface area contributed by atoms with Gasteiger partial charge in [0.05, 0.1) is 0 Å². The first-order chi connectivity index (χ1) is 9.41. The van der Waals surface area contributed by atoms with Gasteiger partial charge in [-0.1, -0.05) is 6.42 Å². The lowest BCUT2D eigenvalue weighted by Crippen LogP contribution is -2.63. The SMILES string of the molecule is NC(=S)N/N=C1/CCCC[C@@H]1C(O)(C(F)(F)Cl)C(F)(F)Cl. The predicted molar refractivity (Wildman–Crippen MR) is 75.9 cm³/mol. The molecule has 21 heavy (non-hydrogen) atoms. The summed E-state index contributed by atoms with van der Waals surface area (Å²) in [6, 6.07) is 0. The Morgan fingerprint density at radius 3 is 2.24 bits per heavy atom. The van der Waals surface area contributed by atoms with Crippen molar-refractivity contribution in [2.75, 3.05) is 0 Å². The van der Waals surface area contributed by atoms with Gasteiger partial charge in [-0.2, -0.15) is 22.7 Å². The van der Waals surface area contributed by atoms with Crippen LogP contribution in [0.4, 0.5) is 17.6 Å². The van der Waals surface area contributed by atoms with Crippen molar-refractivity contribution < 1.29 is 22.7 Å². The Bertz CT molecular complexity index is 425. The molecule has 1 atom stereocenters. The fourth-order valence-corrected chi connectivity index (χ4v) is 2.86. The molecule has 4 N–H and O–H groups in total. The highest BCUT2D eigenvalue weighted by Gasteiger charge is 2.71. The molecular formula is C10H13Cl2F4N3OS. The van der Waals surface area contributed by atoms with Gasteiger partial charge < -0.3 is 10.8 Å². The first-order valence-corrected chi connectivity index (χ1v) is 7.05. The molecule has 0 heterocycles. The van der Waals surface area contributed by atoms with Gasteiger partial charge in [0.15, 0.2) is 5.11 Å². The van der Waals surface area contributed by atoms with Crippen molar-refractivity contribution in [3.63, 3.8) is 0 Å². The summed E-state index contributed by atoms with van der Waals surface area (Å²) in [5.41, 5.74) is 3.14. The number of rotatable bonds is 4. The topological polar surface area (TPSA) is 70.6 Å². The summed E-state index contributed by atoms with van der Waals surface area (Å²) in [5, 5.41) is 3.92. The lowest BCUT2D eigenvalue weighted by atomic mass is 9.75. The van der Waals surface area contributed by atoms with Crippen LogP contribution in [0.15, 0.2) is 5.10 Å². The molecule has 122 valence electrons. The maximum atomic E-state index is 13.4. The Balaban J connectivity index is 3.27. The molecule has 0 aromatic heterocycles. The van der Waals surface area contributed by atoms with Gasteiger partial charge in [0, 0.05) is 11.6 Å². The molecule has 1 aliphatic carbocycles. The first kappa shape index (κ1) is 18.7. The number of hydrazone groups is 1. The van der Waals surface area contributed by atoms with Crippen LogP contribution in [-0.4, -0.2) is 32.3 Å². The number of alkyl halides is 6. The molecule has 0 radical (unpaired) electrons. The zero-order chi connectivity index (χ0) is 16.5. The molecular weight excluding hydrogens is 357 g/mol. The maximum Gasteiger partial charge on any atom is 0.357 e. The van der Waals surface area contributed by atoms with Gasteiger partial charge in [0.25, 0.3) is 0 Å². The number of nitrogens with zero attached hydrogens (tertiary/aromatic N) is 1. The summed E-state index contributed by atoms with van der Waals surface area (Å²) in [7, 11) is 0. The number of hydrogen-bond acceptors (Lipinski definition) is 3. The zero-order valence-electron chi connectivity index (χ0n) is 10.6. The van der Waals surface area contributed by atoms with E-state index in [1.807, 2.05) is 0 Å². The molecule has 0 unspecified atom stereocenters. The Morgan fingerprint density at radius 2 is 1.81 bits per heavy atom. The van der Waals surface area contributed by atoms with Crippen molar-refractivity contribution in [3.8, 4) is 0 Å². The standard InChI is InChI=1S/C10H13Cl2F4N3OS/c11-9(13,14)8(20,10(12,15)16)5-3-1-2-4-6(5)18-19-7(17)21/h5,20H,1-4H2,(H3,17,19,21)/b18-6-/t5-/m0/s1. The second kappa shape index (κ2) is 6.39. The molecule has 0 bridgehead atoms. The van der Waals surface area contributed by atoms with E-state index < -0.39 is 22.3 Å². The normalized spacial score (nSPS) is 23.2. The summed E-state index contributed by atoms with van der Waals surface area (Å²) >= 11 is 13.9. The lowest BCUT2D eigenvalue weighted by molar-refractivity contribution is -0.234. The molecule has 4 nitrogen and oxygen atoms in total. The average molecular weight is 370 g/mol. The third kappa shape index (κ3) is 3.88. The summed E-state index contributed by atoms with van der Waals surface area (Å²) in [6.45, 7) is 0. The van der Waals surface area contributed by atoms with Crippen molar-refractivity contribution in [2.45, 2.75) is 42.0 Å². The smallest absolute Gasteiger partial charge is 0.357 e. The molecule has 0 spiro atoms. The molecule has 0 saturated heterocycles. The Labute approximate surface area is 133 Å². The van der Waals surface area contributed by atoms with Crippen molar-refractivity contribution >= 4 is 46.2 Å². The van der Waals surface area contributed by atoms with Crippen LogP contribution in [0.5, 0.6) is 0 Å². The zero-order valence-corrected chi connectivity index (χ0v) is 12.9. The van der Waals surface area contributed by atoms with Crippen LogP contribution in [0.3, 0.4) is 0 Å². The summed E-state index contributed by atoms with van der Waals surface area (Å²) in [5.74, 6) is -1.74. The van der Waals surface area contributed by atoms with E-state index in [2.05, 4.69) is 22.7 Å². The number of nitrogens with one attached hydrogen (secondary N) is 1. The highest BCUT2D eigenvalue weighted by Crippen LogP contribution is 2.52. The van der Waals surface area contributed by atoms with E-state index in [-0.39, 0.29) is 23.7 Å². The highest BCUT2D eigenvalue weighted by atomic mass is 35.5. The molecule has 1 saturated carbocycles. The van der Waals surface area contributed by atoms with E-state index in [0.29, 0.717) is 12.8 Å². The molecule has 1 fully saturated rings. The quantitative estimate of drug-likeness (QED) is 0.308. The molecule has 1 rings (SSSR count). The third-order valence-corrected chi connectivity index (χ3v) is 3.92. The Morgan fingerprint density at radius 1 is 1.29 bits per heavy atom. The molecule has 0 aromatic rings. The van der Waals surface area contributed by atoms with E-state index in [9.17, 15) is 22.7 Å². The fraction of sp³-hybridized carbons (Fsp3) is 0.800. The van der Waals surface area contributed by atoms with E-state index in [1.165, 1.54) is 0 Å². The number of halogens is 6. The minimum atomic E-state index is -4.66. The van der Waals surface area contributed by atoms with E-state index in [1.54, 1.807) is 0 Å². The fourth-order valence-electron chi connectivity index (χ4n) is 2.26. The minimum absolute atomic E-state index is 0.0997. The molecule has 1 aliphatic rings. The average Bonchev–Trinajstić information content (AvgIpc) is 2.33. The van der Waals surface area contributed by atoms with Gasteiger partial charge in [0.1, 0.15) is 0 Å². The largest absolute Gasteiger partial charge is 0.376 e. The monoisotopic (exact) mass is 369 g/mol. The van der Waals surface area contributed by atoms with Crippen molar-refractivity contribution in [2.24, 2.45) is 16.8 Å². The number of nitrogens with two attached hydrogens (primary N) is 1. The molecule has 0 aromatic carbocycles. The van der Waals surface area contributed by atoms with Crippen molar-refractivity contribution in [3.05, 3.63) is 0 Å². The van der Waals surface area contributed by atoms with Gasteiger partial charge in [-0.15, -0.1) is 0 Å². The Hall–Kier alpha value is -0.380. The first-order valence-electron chi connectivity index (χ1n) is 5.89. The van der Waals surface area contributed by atoms with Gasteiger partial charge in [-0.3, -0.25) is 5.43 Å². The number of thiocarbonyl (C=S) groups is 1. The van der Waals surface area contributed by atoms with Gasteiger partial charge in [0.2, 0.25) is 5.60 Å². The highest BCUT2D eigenvalue weighted by molar-refractivity contribution is 7.80. The summed E-state index contributed by atoms with van der Waals surface area (Å²) < 4.78 is 53.8. The van der Waals surface area contributed by atoms with Crippen molar-refractivity contribution in [1.82, 2.24) is 5.43 Å². The van der Waals surface area contributed by atoms with Crippen LogP contribution in [0.1, 0.15) is 25.7 Å². The second-order valence-corrected chi connectivity index (χ2v) is 6.03. The predicted octanol–water partition coefficient (Wildman–Crippen LogP) is 2.76. The van der Waals surface area contributed by atoms with Crippen molar-refractivity contribution in [1.29, 1.82) is 0 Å². The minimum Gasteiger partial charge on any atom is -0.376 e. The molecule has 11 heteroatoms. The van der Waals surface area contributed by atoms with Crippen LogP contribution in [-0.2, 0) is 0 Å². The van der Waals surface area contributed by atoms with Gasteiger partial charge >= 0.3 is 10.8 Å². The van der Waals surface area contributed by atoms with Crippen LogP contribution in [0.2, 0.25) is 0 Å². The van der Waals surface area contributed by atoms with E-state index in [4.69, 9.17) is 28.9 Å². The van der Waals surface area contributed by atoms with Crippen LogP contribution >= 0.6 is 35.4 Å². The summed E-state index contributed by atoms with van der Waals surface area (Å²) in [6.07, 6.45) is 0.770. The van der Waals surface area contributed by atoms with Crippen LogP contribution in [0, 0.1) is 5.92 Å². The maximum absolute atomic E-state index is 13.4. The Kier molecular flexibility index (Phi) is 5.68. The molecule has 0 amide bonds. The van der Waals surface area contributed by atoms with E-state index >= 15 is 0 Å². The number of aliphatic hydroxyl groups is 1. The van der Waals surface area contributed by atoms with E-state index in [0.717, 1.165) is 0 Å². The molecule has 0 aliphatic heterocycles. The second-order valence-electron chi connectivity index (χ2n) is 4.64. The number of hydrogen-bond donors (Lipinski definition) is 3.